The summed E-state index contributed by atoms with van der Waals surface area (Å²) in [4.78, 5) is 28.9. The molecule has 3 aromatic rings. The van der Waals surface area contributed by atoms with Gasteiger partial charge >= 0.3 is 0 Å². The van der Waals surface area contributed by atoms with Crippen LogP contribution in [0.4, 0.5) is 5.69 Å². The molecule has 2 amide bonds. The molecule has 1 aliphatic heterocycles. The summed E-state index contributed by atoms with van der Waals surface area (Å²) in [7, 11) is 0. The van der Waals surface area contributed by atoms with Gasteiger partial charge in [0, 0.05) is 16.5 Å². The first-order valence-corrected chi connectivity index (χ1v) is 11.1. The number of carbonyl (C=O) groups excluding carboxylic acids is 2. The van der Waals surface area contributed by atoms with Crippen LogP contribution in [0.5, 0.6) is 0 Å². The van der Waals surface area contributed by atoms with E-state index in [2.05, 4.69) is 5.32 Å². The van der Waals surface area contributed by atoms with Crippen LogP contribution in [0, 0.1) is 6.92 Å². The molecular formula is C25H21ClN2O2S. The normalized spacial score (nSPS) is 14.5. The van der Waals surface area contributed by atoms with Crippen LogP contribution in [0.2, 0.25) is 5.02 Å². The quantitative estimate of drug-likeness (QED) is 0.528. The van der Waals surface area contributed by atoms with E-state index in [0.29, 0.717) is 16.5 Å². The van der Waals surface area contributed by atoms with E-state index < -0.39 is 0 Å². The lowest BCUT2D eigenvalue weighted by Crippen LogP contribution is -2.42. The van der Waals surface area contributed by atoms with Gasteiger partial charge in [0.15, 0.2) is 0 Å². The molecule has 3 aromatic carbocycles. The van der Waals surface area contributed by atoms with Gasteiger partial charge in [-0.1, -0.05) is 77.5 Å². The van der Waals surface area contributed by atoms with Gasteiger partial charge in [0.2, 0.25) is 5.91 Å². The fourth-order valence-electron chi connectivity index (χ4n) is 3.24. The average Bonchev–Trinajstić information content (AvgIpc) is 2.77. The number of rotatable bonds is 5. The molecular weight excluding hydrogens is 428 g/mol. The number of amides is 2. The summed E-state index contributed by atoms with van der Waals surface area (Å²) in [5.74, 6) is -0.398. The number of nitrogens with zero attached hydrogens (tertiary/aromatic N) is 1. The molecule has 1 heterocycles. The minimum absolute atomic E-state index is 0.0414. The number of hydrogen-bond donors (Lipinski definition) is 1. The lowest BCUT2D eigenvalue weighted by Gasteiger charge is -2.29. The minimum Gasteiger partial charge on any atom is -0.350 e. The predicted octanol–water partition coefficient (Wildman–Crippen LogP) is 5.44. The van der Waals surface area contributed by atoms with Crippen LogP contribution in [0.15, 0.2) is 82.6 Å². The largest absolute Gasteiger partial charge is 0.350 e. The number of benzene rings is 3. The van der Waals surface area contributed by atoms with E-state index in [9.17, 15) is 9.59 Å². The first kappa shape index (κ1) is 21.2. The summed E-state index contributed by atoms with van der Waals surface area (Å²) in [6.45, 7) is 2.40. The van der Waals surface area contributed by atoms with Gasteiger partial charge in [0.1, 0.15) is 6.54 Å². The van der Waals surface area contributed by atoms with E-state index in [1.807, 2.05) is 73.7 Å². The smallest absolute Gasteiger partial charge is 0.265 e. The molecule has 0 atom stereocenters. The van der Waals surface area contributed by atoms with Crippen molar-refractivity contribution in [2.45, 2.75) is 18.4 Å². The molecule has 0 aliphatic carbocycles. The van der Waals surface area contributed by atoms with Gasteiger partial charge in [-0.05, 0) is 48.4 Å². The molecule has 6 heteroatoms. The Labute approximate surface area is 190 Å². The zero-order chi connectivity index (χ0) is 21.8. The number of para-hydroxylation sites is 1. The summed E-state index contributed by atoms with van der Waals surface area (Å²) >= 11 is 7.38. The van der Waals surface area contributed by atoms with Gasteiger partial charge in [0.25, 0.3) is 5.91 Å². The molecule has 0 aromatic heterocycles. The molecule has 0 saturated carbocycles. The second-order valence-electron chi connectivity index (χ2n) is 7.28. The summed E-state index contributed by atoms with van der Waals surface area (Å²) in [5, 5.41) is 3.55. The van der Waals surface area contributed by atoms with E-state index in [1.54, 1.807) is 12.1 Å². The van der Waals surface area contributed by atoms with Crippen molar-refractivity contribution < 1.29 is 9.59 Å². The predicted molar refractivity (Wildman–Crippen MR) is 127 cm³/mol. The Morgan fingerprint density at radius 2 is 1.74 bits per heavy atom. The van der Waals surface area contributed by atoms with Gasteiger partial charge in [-0.15, -0.1) is 0 Å². The maximum Gasteiger partial charge on any atom is 0.265 e. The summed E-state index contributed by atoms with van der Waals surface area (Å²) in [5.41, 5.74) is 3.81. The Morgan fingerprint density at radius 1 is 1.03 bits per heavy atom. The maximum atomic E-state index is 13.2. The van der Waals surface area contributed by atoms with Crippen LogP contribution in [-0.2, 0) is 16.1 Å². The zero-order valence-electron chi connectivity index (χ0n) is 17.0. The molecule has 0 fully saturated rings. The summed E-state index contributed by atoms with van der Waals surface area (Å²) in [6.07, 6.45) is 1.83. The lowest BCUT2D eigenvalue weighted by atomic mass is 10.1. The fraction of sp³-hybridized carbons (Fsp3) is 0.120. The first-order chi connectivity index (χ1) is 15.0. The fourth-order valence-corrected chi connectivity index (χ4v) is 4.42. The van der Waals surface area contributed by atoms with Gasteiger partial charge < -0.3 is 5.32 Å². The lowest BCUT2D eigenvalue weighted by molar-refractivity contribution is -0.122. The van der Waals surface area contributed by atoms with Crippen molar-refractivity contribution in [1.82, 2.24) is 5.32 Å². The van der Waals surface area contributed by atoms with E-state index in [-0.39, 0.29) is 18.4 Å². The van der Waals surface area contributed by atoms with E-state index in [1.165, 1.54) is 22.2 Å². The second-order valence-corrected chi connectivity index (χ2v) is 8.80. The number of hydrogen-bond acceptors (Lipinski definition) is 3. The molecule has 1 N–H and O–H groups in total. The molecule has 0 radical (unpaired) electrons. The standard InChI is InChI=1S/C25H21ClN2O2S/c1-17-6-8-19(9-7-17)15-27-24(29)16-28-21-4-2-3-5-22(21)31-23(25(28)30)14-18-10-12-20(26)13-11-18/h2-14H,15-16H2,1H3,(H,27,29)/b23-14-. The van der Waals surface area contributed by atoms with Crippen molar-refractivity contribution in [3.8, 4) is 0 Å². The van der Waals surface area contributed by atoms with Crippen molar-refractivity contribution >= 4 is 46.9 Å². The van der Waals surface area contributed by atoms with E-state index >= 15 is 0 Å². The number of aryl methyl sites for hydroxylation is 1. The highest BCUT2D eigenvalue weighted by atomic mass is 35.5. The summed E-state index contributed by atoms with van der Waals surface area (Å²) in [6, 6.07) is 22.9. The van der Waals surface area contributed by atoms with Gasteiger partial charge in [-0.25, -0.2) is 0 Å². The van der Waals surface area contributed by atoms with Crippen molar-refractivity contribution in [2.24, 2.45) is 0 Å². The Balaban J connectivity index is 1.53. The number of anilines is 1. The molecule has 0 saturated heterocycles. The Morgan fingerprint density at radius 3 is 2.48 bits per heavy atom. The van der Waals surface area contributed by atoms with Crippen LogP contribution < -0.4 is 10.2 Å². The molecule has 31 heavy (non-hydrogen) atoms. The first-order valence-electron chi connectivity index (χ1n) is 9.88. The highest BCUT2D eigenvalue weighted by molar-refractivity contribution is 8.04. The van der Waals surface area contributed by atoms with Gasteiger partial charge in [-0.3, -0.25) is 14.5 Å². The number of thioether (sulfide) groups is 1. The van der Waals surface area contributed by atoms with Crippen LogP contribution in [0.1, 0.15) is 16.7 Å². The van der Waals surface area contributed by atoms with Crippen LogP contribution in [-0.4, -0.2) is 18.4 Å². The number of nitrogens with one attached hydrogen (secondary N) is 1. The molecule has 0 spiro atoms. The topological polar surface area (TPSA) is 49.4 Å². The average molecular weight is 449 g/mol. The minimum atomic E-state index is -0.207. The highest BCUT2D eigenvalue weighted by Gasteiger charge is 2.30. The number of halogens is 1. The third-order valence-electron chi connectivity index (χ3n) is 4.91. The number of fused-ring (bicyclic) bond motifs is 1. The van der Waals surface area contributed by atoms with E-state index in [4.69, 9.17) is 11.6 Å². The second kappa shape index (κ2) is 9.41. The van der Waals surface area contributed by atoms with Crippen LogP contribution in [0.3, 0.4) is 0 Å². The third kappa shape index (κ3) is 5.19. The molecule has 156 valence electrons. The molecule has 1 aliphatic rings. The molecule has 0 unspecified atom stereocenters. The number of carbonyl (C=O) groups is 2. The SMILES string of the molecule is Cc1ccc(CNC(=O)CN2C(=O)/C(=C/c3ccc(Cl)cc3)Sc3ccccc32)cc1. The molecule has 0 bridgehead atoms. The third-order valence-corrected chi connectivity index (χ3v) is 6.24. The van der Waals surface area contributed by atoms with E-state index in [0.717, 1.165) is 21.7 Å². The van der Waals surface area contributed by atoms with Crippen molar-refractivity contribution in [3.05, 3.63) is 99.4 Å². The van der Waals surface area contributed by atoms with Crippen molar-refractivity contribution in [3.63, 3.8) is 0 Å². The Bertz CT molecular complexity index is 1140. The van der Waals surface area contributed by atoms with Gasteiger partial charge in [0.05, 0.1) is 10.6 Å². The molecule has 4 rings (SSSR count). The monoisotopic (exact) mass is 448 g/mol. The van der Waals surface area contributed by atoms with Crippen molar-refractivity contribution in [1.29, 1.82) is 0 Å². The van der Waals surface area contributed by atoms with Crippen LogP contribution in [0.25, 0.3) is 6.08 Å². The highest BCUT2D eigenvalue weighted by Crippen LogP contribution is 2.41. The maximum absolute atomic E-state index is 13.2. The van der Waals surface area contributed by atoms with Crippen LogP contribution >= 0.6 is 23.4 Å². The summed E-state index contributed by atoms with van der Waals surface area (Å²) < 4.78 is 0. The Hall–Kier alpha value is -3.02. The van der Waals surface area contributed by atoms with Crippen molar-refractivity contribution in [2.75, 3.05) is 11.4 Å². The Kier molecular flexibility index (Phi) is 6.44. The zero-order valence-corrected chi connectivity index (χ0v) is 18.5. The molecule has 4 nitrogen and oxygen atoms in total. The van der Waals surface area contributed by atoms with Gasteiger partial charge in [-0.2, -0.15) is 0 Å².